The first-order chi connectivity index (χ1) is 10.4. The number of fused-ring (bicyclic) bond motifs is 1. The van der Waals surface area contributed by atoms with E-state index in [0.717, 1.165) is 18.8 Å². The van der Waals surface area contributed by atoms with E-state index in [1.807, 2.05) is 17.0 Å². The van der Waals surface area contributed by atoms with Gasteiger partial charge in [0.2, 0.25) is 0 Å². The van der Waals surface area contributed by atoms with Crippen molar-refractivity contribution in [3.05, 3.63) is 24.3 Å². The van der Waals surface area contributed by atoms with Crippen LogP contribution < -0.4 is 15.1 Å². The van der Waals surface area contributed by atoms with Crippen LogP contribution >= 0.6 is 12.2 Å². The highest BCUT2D eigenvalue weighted by Gasteiger charge is 2.47. The van der Waals surface area contributed by atoms with Crippen molar-refractivity contribution in [3.8, 4) is 0 Å². The lowest BCUT2D eigenvalue weighted by atomic mass is 10.1. The summed E-state index contributed by atoms with van der Waals surface area (Å²) in [7, 11) is -2.97. The lowest BCUT2D eigenvalue weighted by molar-refractivity contribution is 0.600. The van der Waals surface area contributed by atoms with Crippen molar-refractivity contribution < 1.29 is 8.42 Å². The van der Waals surface area contributed by atoms with Gasteiger partial charge in [0.25, 0.3) is 0 Å². The summed E-state index contributed by atoms with van der Waals surface area (Å²) in [6.07, 6.45) is 0. The molecule has 0 amide bonds. The van der Waals surface area contributed by atoms with Crippen LogP contribution in [0.5, 0.6) is 0 Å². The van der Waals surface area contributed by atoms with Crippen LogP contribution in [0.15, 0.2) is 24.3 Å². The lowest BCUT2D eigenvalue weighted by Crippen LogP contribution is -2.36. The Morgan fingerprint density at radius 3 is 2.45 bits per heavy atom. The van der Waals surface area contributed by atoms with E-state index < -0.39 is 9.84 Å². The maximum absolute atomic E-state index is 11.8. The van der Waals surface area contributed by atoms with Gasteiger partial charge in [0, 0.05) is 24.5 Å². The average molecular weight is 339 g/mol. The second-order valence-electron chi connectivity index (χ2n) is 5.76. The van der Waals surface area contributed by atoms with E-state index in [-0.39, 0.29) is 23.6 Å². The molecule has 2 aliphatic heterocycles. The first kappa shape index (κ1) is 15.6. The van der Waals surface area contributed by atoms with E-state index in [1.54, 1.807) is 0 Å². The van der Waals surface area contributed by atoms with Gasteiger partial charge in [-0.2, -0.15) is 0 Å². The molecule has 5 nitrogen and oxygen atoms in total. The van der Waals surface area contributed by atoms with E-state index in [4.69, 9.17) is 12.2 Å². The van der Waals surface area contributed by atoms with Crippen molar-refractivity contribution >= 4 is 38.5 Å². The number of anilines is 2. The van der Waals surface area contributed by atoms with Gasteiger partial charge in [-0.15, -0.1) is 0 Å². The van der Waals surface area contributed by atoms with Gasteiger partial charge in [0.05, 0.1) is 23.6 Å². The molecule has 22 heavy (non-hydrogen) atoms. The highest BCUT2D eigenvalue weighted by Crippen LogP contribution is 2.30. The molecule has 2 heterocycles. The molecular formula is C15H21N3O2S2. The van der Waals surface area contributed by atoms with E-state index in [9.17, 15) is 8.42 Å². The van der Waals surface area contributed by atoms with Crippen molar-refractivity contribution in [1.29, 1.82) is 0 Å². The molecule has 2 fully saturated rings. The molecule has 120 valence electrons. The average Bonchev–Trinajstić information content (AvgIpc) is 2.91. The number of rotatable bonds is 4. The van der Waals surface area contributed by atoms with Gasteiger partial charge >= 0.3 is 0 Å². The standard InChI is InChI=1S/C15H21N3O2S2/c1-3-17(4-2)11-5-7-12(8-6-11)18-14-10-22(19,20)9-13(14)16-15(18)21/h5-8,13-14H,3-4,9-10H2,1-2H3,(H,16,21)/t13-,14-/m0/s1. The molecule has 0 aromatic heterocycles. The normalized spacial score (nSPS) is 25.9. The Morgan fingerprint density at radius 1 is 1.23 bits per heavy atom. The summed E-state index contributed by atoms with van der Waals surface area (Å²) in [5.74, 6) is 0.342. The Kier molecular flexibility index (Phi) is 4.03. The van der Waals surface area contributed by atoms with Crippen LogP contribution in [-0.2, 0) is 9.84 Å². The highest BCUT2D eigenvalue weighted by molar-refractivity contribution is 7.91. The lowest BCUT2D eigenvalue weighted by Gasteiger charge is -2.25. The molecule has 1 aromatic rings. The first-order valence-electron chi connectivity index (χ1n) is 7.60. The SMILES string of the molecule is CCN(CC)c1ccc(N2C(=S)N[C@H]3CS(=O)(=O)C[C@@H]32)cc1. The van der Waals surface area contributed by atoms with Crippen LogP contribution in [0.1, 0.15) is 13.8 Å². The van der Waals surface area contributed by atoms with Crippen LogP contribution in [0.4, 0.5) is 11.4 Å². The molecular weight excluding hydrogens is 318 g/mol. The van der Waals surface area contributed by atoms with Gasteiger partial charge in [-0.05, 0) is 50.3 Å². The zero-order valence-electron chi connectivity index (χ0n) is 12.8. The summed E-state index contributed by atoms with van der Waals surface area (Å²) < 4.78 is 23.7. The topological polar surface area (TPSA) is 52.6 Å². The molecule has 2 saturated heterocycles. The minimum Gasteiger partial charge on any atom is -0.372 e. The monoisotopic (exact) mass is 339 g/mol. The quantitative estimate of drug-likeness (QED) is 0.837. The number of nitrogens with zero attached hydrogens (tertiary/aromatic N) is 2. The summed E-state index contributed by atoms with van der Waals surface area (Å²) in [6, 6.07) is 8.02. The van der Waals surface area contributed by atoms with Gasteiger partial charge < -0.3 is 15.1 Å². The van der Waals surface area contributed by atoms with Gasteiger partial charge in [0.1, 0.15) is 0 Å². The van der Waals surface area contributed by atoms with Crippen molar-refractivity contribution in [2.45, 2.75) is 25.9 Å². The molecule has 1 N–H and O–H groups in total. The van der Waals surface area contributed by atoms with Crippen molar-refractivity contribution in [2.24, 2.45) is 0 Å². The Labute approximate surface area is 137 Å². The predicted molar refractivity (Wildman–Crippen MR) is 94.4 cm³/mol. The van der Waals surface area contributed by atoms with Crippen LogP contribution in [0.2, 0.25) is 0 Å². The summed E-state index contributed by atoms with van der Waals surface area (Å²) in [5, 5.41) is 3.77. The fraction of sp³-hybridized carbons (Fsp3) is 0.533. The van der Waals surface area contributed by atoms with Gasteiger partial charge in [-0.25, -0.2) is 8.42 Å². The Balaban J connectivity index is 1.86. The zero-order chi connectivity index (χ0) is 15.9. The summed E-state index contributed by atoms with van der Waals surface area (Å²) in [5.41, 5.74) is 2.13. The molecule has 1 aromatic carbocycles. The number of benzene rings is 1. The van der Waals surface area contributed by atoms with Gasteiger partial charge in [0.15, 0.2) is 14.9 Å². The van der Waals surface area contributed by atoms with Crippen LogP contribution in [0.25, 0.3) is 0 Å². The minimum absolute atomic E-state index is 0.0834. The number of hydrogen-bond acceptors (Lipinski definition) is 4. The van der Waals surface area contributed by atoms with Crippen molar-refractivity contribution in [3.63, 3.8) is 0 Å². The zero-order valence-corrected chi connectivity index (χ0v) is 14.5. The summed E-state index contributed by atoms with van der Waals surface area (Å²) in [6.45, 7) is 6.18. The molecule has 7 heteroatoms. The number of sulfone groups is 1. The number of hydrogen-bond donors (Lipinski definition) is 1. The fourth-order valence-corrected chi connectivity index (χ4v) is 5.60. The molecule has 0 saturated carbocycles. The van der Waals surface area contributed by atoms with E-state index in [2.05, 4.69) is 36.2 Å². The predicted octanol–water partition coefficient (Wildman–Crippen LogP) is 1.39. The van der Waals surface area contributed by atoms with Crippen molar-refractivity contribution in [1.82, 2.24) is 5.32 Å². The second-order valence-corrected chi connectivity index (χ2v) is 8.30. The fourth-order valence-electron chi connectivity index (χ4n) is 3.32. The smallest absolute Gasteiger partial charge is 0.174 e. The Morgan fingerprint density at radius 2 is 1.86 bits per heavy atom. The third-order valence-electron chi connectivity index (χ3n) is 4.44. The molecule has 2 aliphatic rings. The Bertz CT molecular complexity index is 669. The molecule has 0 bridgehead atoms. The minimum atomic E-state index is -2.97. The summed E-state index contributed by atoms with van der Waals surface area (Å²) >= 11 is 5.39. The van der Waals surface area contributed by atoms with Crippen LogP contribution in [-0.4, -0.2) is 50.2 Å². The summed E-state index contributed by atoms with van der Waals surface area (Å²) in [4.78, 5) is 4.23. The van der Waals surface area contributed by atoms with E-state index >= 15 is 0 Å². The number of thiocarbonyl (C=S) groups is 1. The highest BCUT2D eigenvalue weighted by atomic mass is 32.2. The molecule has 0 spiro atoms. The number of nitrogens with one attached hydrogen (secondary N) is 1. The third kappa shape index (κ3) is 2.67. The van der Waals surface area contributed by atoms with Crippen LogP contribution in [0.3, 0.4) is 0 Å². The van der Waals surface area contributed by atoms with Crippen molar-refractivity contribution in [2.75, 3.05) is 34.4 Å². The molecule has 2 atom stereocenters. The maximum Gasteiger partial charge on any atom is 0.174 e. The van der Waals surface area contributed by atoms with E-state index in [0.29, 0.717) is 5.11 Å². The molecule has 0 aliphatic carbocycles. The van der Waals surface area contributed by atoms with Gasteiger partial charge in [-0.1, -0.05) is 0 Å². The maximum atomic E-state index is 11.8. The second kappa shape index (κ2) is 5.70. The largest absolute Gasteiger partial charge is 0.372 e. The molecule has 3 rings (SSSR count). The third-order valence-corrected chi connectivity index (χ3v) is 6.47. The van der Waals surface area contributed by atoms with E-state index in [1.165, 1.54) is 5.69 Å². The molecule has 0 radical (unpaired) electrons. The van der Waals surface area contributed by atoms with Crippen LogP contribution in [0, 0.1) is 0 Å². The first-order valence-corrected chi connectivity index (χ1v) is 9.83. The molecule has 0 unspecified atom stereocenters. The van der Waals surface area contributed by atoms with Gasteiger partial charge in [-0.3, -0.25) is 0 Å². The Hall–Kier alpha value is -1.34.